The van der Waals surface area contributed by atoms with Crippen molar-refractivity contribution in [2.24, 2.45) is 0 Å². The highest BCUT2D eigenvalue weighted by atomic mass is 32.1. The van der Waals surface area contributed by atoms with E-state index in [0.29, 0.717) is 5.13 Å². The number of nitrogens with zero attached hydrogens (tertiary/aromatic N) is 1. The van der Waals surface area contributed by atoms with Crippen LogP contribution in [0, 0.1) is 0 Å². The van der Waals surface area contributed by atoms with Crippen molar-refractivity contribution in [2.75, 3.05) is 5.73 Å². The second-order valence-electron chi connectivity index (χ2n) is 2.05. The largest absolute Gasteiger partial charge is 0.471 e. The number of aromatic nitrogens is 1. The number of nitrogens with two attached hydrogens (primary N) is 1. The lowest BCUT2D eigenvalue weighted by atomic mass is 10.5. The van der Waals surface area contributed by atoms with Crippen LogP contribution in [0.25, 0.3) is 12.3 Å². The number of hydrogen-bond donors (Lipinski definition) is 1. The maximum atomic E-state index is 5.50. The highest BCUT2D eigenvalue weighted by Crippen LogP contribution is 1.96. The van der Waals surface area contributed by atoms with Gasteiger partial charge in [-0.25, -0.2) is 4.98 Å². The summed E-state index contributed by atoms with van der Waals surface area (Å²) in [5.41, 5.74) is 5.50. The van der Waals surface area contributed by atoms with Gasteiger partial charge in [-0.1, -0.05) is 11.3 Å². The summed E-state index contributed by atoms with van der Waals surface area (Å²) < 4.78 is 5.98. The average Bonchev–Trinajstić information content (AvgIpc) is 2.17. The standard InChI is InChI=1S/C7H6N2OS/c8-7-9-5-2-1-3-10-4-6(5)11-7/h1-4H,(H2,8,9). The van der Waals surface area contributed by atoms with E-state index in [0.717, 1.165) is 9.88 Å². The lowest BCUT2D eigenvalue weighted by molar-refractivity contribution is 0.462. The predicted octanol–water partition coefficient (Wildman–Crippen LogP) is -0.212. The summed E-state index contributed by atoms with van der Waals surface area (Å²) in [6, 6.07) is 0. The number of rotatable bonds is 0. The van der Waals surface area contributed by atoms with E-state index in [2.05, 4.69) is 4.98 Å². The lowest BCUT2D eigenvalue weighted by Crippen LogP contribution is -2.19. The molecule has 0 saturated carbocycles. The molecule has 0 aromatic carbocycles. The molecule has 4 heteroatoms. The van der Waals surface area contributed by atoms with Crippen LogP contribution in [-0.4, -0.2) is 4.98 Å². The minimum Gasteiger partial charge on any atom is -0.471 e. The molecule has 1 aliphatic heterocycles. The Bertz CT molecular complexity index is 405. The zero-order valence-electron chi connectivity index (χ0n) is 5.65. The second-order valence-corrected chi connectivity index (χ2v) is 3.11. The van der Waals surface area contributed by atoms with Crippen molar-refractivity contribution in [3.8, 4) is 0 Å². The zero-order valence-corrected chi connectivity index (χ0v) is 6.47. The first kappa shape index (κ1) is 6.42. The molecule has 56 valence electrons. The van der Waals surface area contributed by atoms with Gasteiger partial charge in [-0.2, -0.15) is 0 Å². The van der Waals surface area contributed by atoms with E-state index < -0.39 is 0 Å². The molecule has 0 saturated heterocycles. The molecule has 1 aromatic rings. The summed E-state index contributed by atoms with van der Waals surface area (Å²) in [6.45, 7) is 0. The monoisotopic (exact) mass is 166 g/mol. The Morgan fingerprint density at radius 2 is 2.45 bits per heavy atom. The van der Waals surface area contributed by atoms with Crippen molar-refractivity contribution >= 4 is 28.8 Å². The molecule has 0 aliphatic carbocycles. The van der Waals surface area contributed by atoms with E-state index in [1.807, 2.05) is 6.08 Å². The summed E-state index contributed by atoms with van der Waals surface area (Å²) in [4.78, 5) is 4.09. The fourth-order valence-corrected chi connectivity index (χ4v) is 1.53. The number of hydrogen-bond acceptors (Lipinski definition) is 4. The third-order valence-electron chi connectivity index (χ3n) is 1.28. The van der Waals surface area contributed by atoms with E-state index in [4.69, 9.17) is 10.5 Å². The Morgan fingerprint density at radius 3 is 3.36 bits per heavy atom. The van der Waals surface area contributed by atoms with Gasteiger partial charge in [0, 0.05) is 0 Å². The van der Waals surface area contributed by atoms with Gasteiger partial charge < -0.3 is 10.5 Å². The highest BCUT2D eigenvalue weighted by Gasteiger charge is 1.95. The van der Waals surface area contributed by atoms with Crippen molar-refractivity contribution in [2.45, 2.75) is 0 Å². The quantitative estimate of drug-likeness (QED) is 0.580. The second kappa shape index (κ2) is 2.39. The van der Waals surface area contributed by atoms with Crippen LogP contribution < -0.4 is 15.6 Å². The van der Waals surface area contributed by atoms with Gasteiger partial charge in [-0.05, 0) is 12.2 Å². The van der Waals surface area contributed by atoms with Crippen molar-refractivity contribution in [3.05, 3.63) is 22.2 Å². The Labute approximate surface area is 67.1 Å². The minimum absolute atomic E-state index is 0.571. The predicted molar refractivity (Wildman–Crippen MR) is 44.9 cm³/mol. The van der Waals surface area contributed by atoms with Gasteiger partial charge in [0.15, 0.2) is 5.13 Å². The van der Waals surface area contributed by atoms with Gasteiger partial charge in [0.05, 0.1) is 16.1 Å². The van der Waals surface area contributed by atoms with Gasteiger partial charge in [-0.15, -0.1) is 0 Å². The molecule has 0 bridgehead atoms. The molecule has 0 unspecified atom stereocenters. The highest BCUT2D eigenvalue weighted by molar-refractivity contribution is 7.13. The van der Waals surface area contributed by atoms with Crippen LogP contribution in [-0.2, 0) is 4.74 Å². The third-order valence-corrected chi connectivity index (χ3v) is 2.11. The van der Waals surface area contributed by atoms with Crippen LogP contribution >= 0.6 is 11.3 Å². The molecular weight excluding hydrogens is 160 g/mol. The van der Waals surface area contributed by atoms with Crippen molar-refractivity contribution in [3.63, 3.8) is 0 Å². The van der Waals surface area contributed by atoms with E-state index >= 15 is 0 Å². The molecule has 11 heavy (non-hydrogen) atoms. The fraction of sp³-hybridized carbons (Fsp3) is 0. The fourth-order valence-electron chi connectivity index (χ4n) is 0.842. The number of fused-ring (bicyclic) bond motifs is 1. The van der Waals surface area contributed by atoms with Crippen molar-refractivity contribution in [1.29, 1.82) is 0 Å². The molecule has 0 atom stereocenters. The molecule has 0 spiro atoms. The van der Waals surface area contributed by atoms with Crippen LogP contribution in [0.4, 0.5) is 5.13 Å². The Balaban J connectivity index is 2.79. The Kier molecular flexibility index (Phi) is 1.40. The smallest absolute Gasteiger partial charge is 0.181 e. The maximum Gasteiger partial charge on any atom is 0.181 e. The normalized spacial score (nSPS) is 13.8. The average molecular weight is 166 g/mol. The molecule has 0 radical (unpaired) electrons. The van der Waals surface area contributed by atoms with Crippen LogP contribution in [0.1, 0.15) is 0 Å². The maximum absolute atomic E-state index is 5.50. The van der Waals surface area contributed by atoms with E-state index in [-0.39, 0.29) is 0 Å². The molecule has 1 aromatic heterocycles. The molecule has 2 N–H and O–H groups in total. The first-order valence-electron chi connectivity index (χ1n) is 3.11. The topological polar surface area (TPSA) is 48.1 Å². The summed E-state index contributed by atoms with van der Waals surface area (Å²) in [6.07, 6.45) is 6.90. The van der Waals surface area contributed by atoms with Gasteiger partial charge in [0.1, 0.15) is 6.26 Å². The Hall–Kier alpha value is -1.29. The van der Waals surface area contributed by atoms with E-state index in [1.165, 1.54) is 11.3 Å². The van der Waals surface area contributed by atoms with Crippen LogP contribution in [0.15, 0.2) is 12.3 Å². The van der Waals surface area contributed by atoms with Crippen LogP contribution in [0.3, 0.4) is 0 Å². The molecule has 2 heterocycles. The molecule has 0 amide bonds. The Morgan fingerprint density at radius 1 is 1.55 bits per heavy atom. The van der Waals surface area contributed by atoms with E-state index in [9.17, 15) is 0 Å². The van der Waals surface area contributed by atoms with Crippen molar-refractivity contribution in [1.82, 2.24) is 4.98 Å². The summed E-state index contributed by atoms with van der Waals surface area (Å²) in [5.74, 6) is 0. The zero-order chi connectivity index (χ0) is 7.68. The molecule has 1 aliphatic rings. The van der Waals surface area contributed by atoms with Crippen LogP contribution in [0.2, 0.25) is 0 Å². The van der Waals surface area contributed by atoms with Gasteiger partial charge in [0.2, 0.25) is 0 Å². The summed E-state index contributed by atoms with van der Waals surface area (Å²) in [7, 11) is 0. The SMILES string of the molecule is Nc1nc2c(s1)=COC=CC=2. The number of nitrogen functional groups attached to an aromatic ring is 1. The molecular formula is C7H6N2OS. The van der Waals surface area contributed by atoms with Crippen molar-refractivity contribution < 1.29 is 4.74 Å². The molecule has 2 rings (SSSR count). The molecule has 0 fully saturated rings. The first-order valence-corrected chi connectivity index (χ1v) is 3.93. The number of ether oxygens (including phenoxy) is 1. The van der Waals surface area contributed by atoms with Gasteiger partial charge in [0.25, 0.3) is 0 Å². The summed E-state index contributed by atoms with van der Waals surface area (Å²) in [5, 5.41) is 1.45. The minimum atomic E-state index is 0.571. The first-order chi connectivity index (χ1) is 5.36. The number of anilines is 1. The lowest BCUT2D eigenvalue weighted by Gasteiger charge is -1.81. The third kappa shape index (κ3) is 1.12. The van der Waals surface area contributed by atoms with E-state index in [1.54, 1.807) is 18.6 Å². The van der Waals surface area contributed by atoms with Crippen LogP contribution in [0.5, 0.6) is 0 Å². The summed E-state index contributed by atoms with van der Waals surface area (Å²) >= 11 is 1.42. The molecule has 3 nitrogen and oxygen atoms in total. The van der Waals surface area contributed by atoms with Gasteiger partial charge >= 0.3 is 0 Å². The number of thiazole rings is 1. The van der Waals surface area contributed by atoms with Gasteiger partial charge in [-0.3, -0.25) is 0 Å². The number of allylic oxidation sites excluding steroid dienone is 1.